The monoisotopic (exact) mass is 1130 g/mol. The van der Waals surface area contributed by atoms with Gasteiger partial charge in [0.05, 0.1) is 52.7 Å². The lowest BCUT2D eigenvalue weighted by molar-refractivity contribution is 0.0592. The van der Waals surface area contributed by atoms with Gasteiger partial charge >= 0.3 is 11.9 Å². The quantitative estimate of drug-likeness (QED) is 0.0619. The number of aromatic hydroxyl groups is 1. The minimum Gasteiger partial charge on any atom is -0.504 e. The highest BCUT2D eigenvalue weighted by molar-refractivity contribution is 9.11. The summed E-state index contributed by atoms with van der Waals surface area (Å²) in [7, 11) is 2.57. The molecule has 0 unspecified atom stereocenters. The number of hydrogen-bond acceptors (Lipinski definition) is 12. The third-order valence-corrected chi connectivity index (χ3v) is 12.9. The molecule has 0 aliphatic rings. The van der Waals surface area contributed by atoms with Gasteiger partial charge in [-0.15, -0.1) is 0 Å². The fourth-order valence-corrected chi connectivity index (χ4v) is 7.75. The third-order valence-electron chi connectivity index (χ3n) is 9.50. The SMILES string of the molecule is COC(=O)c1cc(Cl)c2oc(-c3cccc(Br)c3C)nc2c1.COC(=O)c1cc(N)c(O)c(Cl)c1.Cc1c(Br)cccc1-c1nc2cc(CO)cc(Cl)c2o1.Cc1c(Br)cccc1C=O. The number of nitrogen functional groups attached to an aromatic ring is 1. The summed E-state index contributed by atoms with van der Waals surface area (Å²) < 4.78 is 23.7. The summed E-state index contributed by atoms with van der Waals surface area (Å²) in [5.74, 6) is -0.261. The number of halogens is 6. The minimum atomic E-state index is -0.548. The van der Waals surface area contributed by atoms with E-state index in [9.17, 15) is 24.6 Å². The standard InChI is InChI=1S/C16H11BrClNO3.C15H11BrClNO2.C8H7BrO.C8H8ClNO3/c1-8-10(4-3-5-11(8)17)15-19-13-7-9(16(20)21-2)6-12(18)14(13)22-15;1-8-10(3-2-4-11(8)16)15-18-13-6-9(7-19)5-12(17)14(13)20-15;1-6-7(5-10)3-2-4-8(6)9;1-13-8(12)4-2-5(9)7(11)6(10)3-4/h3-7H,1-2H3;2-6,19H,7H2,1H3;2-5H,1H3;2-3,11H,10H2,1H3. The Labute approximate surface area is 413 Å². The van der Waals surface area contributed by atoms with Gasteiger partial charge in [-0.05, 0) is 110 Å². The number of methoxy groups -OCH3 is 2. The number of carbonyl (C=O) groups excluding carboxylic acids is 3. The summed E-state index contributed by atoms with van der Waals surface area (Å²) in [6, 6.07) is 26.4. The zero-order valence-electron chi connectivity index (χ0n) is 34.9. The molecule has 0 radical (unpaired) electrons. The highest BCUT2D eigenvalue weighted by Gasteiger charge is 2.18. The van der Waals surface area contributed by atoms with Gasteiger partial charge in [-0.3, -0.25) is 4.79 Å². The van der Waals surface area contributed by atoms with Gasteiger partial charge in [0.2, 0.25) is 11.8 Å². The van der Waals surface area contributed by atoms with Crippen LogP contribution in [0.15, 0.2) is 113 Å². The number of nitrogens with two attached hydrogens (primary N) is 1. The van der Waals surface area contributed by atoms with Crippen LogP contribution in [-0.2, 0) is 16.1 Å². The number of aliphatic hydroxyl groups excluding tert-OH is 1. The summed E-state index contributed by atoms with van der Waals surface area (Å²) in [5, 5.41) is 19.2. The lowest BCUT2D eigenvalue weighted by Crippen LogP contribution is -2.02. The van der Waals surface area contributed by atoms with E-state index in [2.05, 4.69) is 62.5 Å². The number of oxazole rings is 2. The van der Waals surface area contributed by atoms with Crippen LogP contribution < -0.4 is 5.73 Å². The zero-order chi connectivity index (χ0) is 47.7. The molecule has 0 fully saturated rings. The molecule has 2 aromatic heterocycles. The fraction of sp³-hybridized carbons (Fsp3) is 0.128. The Kier molecular flexibility index (Phi) is 17.8. The van der Waals surface area contributed by atoms with Crippen molar-refractivity contribution in [1.29, 1.82) is 0 Å². The van der Waals surface area contributed by atoms with E-state index in [0.717, 1.165) is 53.1 Å². The van der Waals surface area contributed by atoms with E-state index in [1.807, 2.05) is 69.3 Å². The number of phenolic OH excluding ortho intramolecular Hbond substituents is 1. The Bertz CT molecular complexity index is 3040. The van der Waals surface area contributed by atoms with E-state index in [-0.39, 0.29) is 28.6 Å². The Morgan fingerprint density at radius 2 is 1.12 bits per heavy atom. The van der Waals surface area contributed by atoms with Crippen molar-refractivity contribution in [3.05, 3.63) is 158 Å². The molecule has 4 N–H and O–H groups in total. The van der Waals surface area contributed by atoms with Crippen LogP contribution in [0.1, 0.15) is 53.3 Å². The number of aldehydes is 1. The first-order valence-corrected chi connectivity index (χ1v) is 22.4. The molecule has 18 heteroatoms. The second-order valence-electron chi connectivity index (χ2n) is 13.7. The molecule has 0 spiro atoms. The van der Waals surface area contributed by atoms with Gasteiger partial charge in [-0.1, -0.05) is 107 Å². The molecule has 6 aromatic carbocycles. The topological polar surface area (TPSA) is 188 Å². The van der Waals surface area contributed by atoms with Gasteiger partial charge in [0.25, 0.3) is 0 Å². The van der Waals surface area contributed by atoms with Crippen molar-refractivity contribution in [1.82, 2.24) is 9.97 Å². The molecule has 2 heterocycles. The van der Waals surface area contributed by atoms with Gasteiger partial charge in [0.1, 0.15) is 17.3 Å². The van der Waals surface area contributed by atoms with Gasteiger partial charge in [0, 0.05) is 30.1 Å². The number of aromatic nitrogens is 2. The lowest BCUT2D eigenvalue weighted by atomic mass is 10.1. The number of nitrogens with zero attached hydrogens (tertiary/aromatic N) is 2. The first kappa shape index (κ1) is 50.7. The van der Waals surface area contributed by atoms with Crippen molar-refractivity contribution in [2.45, 2.75) is 27.4 Å². The Balaban J connectivity index is 0.000000170. The molecule has 0 saturated carbocycles. The van der Waals surface area contributed by atoms with E-state index < -0.39 is 11.9 Å². The largest absolute Gasteiger partial charge is 0.504 e. The molecule has 8 aromatic rings. The number of phenols is 1. The molecule has 65 heavy (non-hydrogen) atoms. The molecule has 0 aliphatic heterocycles. The molecule has 0 saturated heterocycles. The third kappa shape index (κ3) is 12.2. The number of rotatable bonds is 6. The molecule has 12 nitrogen and oxygen atoms in total. The highest BCUT2D eigenvalue weighted by atomic mass is 79.9. The molecule has 0 aliphatic carbocycles. The first-order valence-electron chi connectivity index (χ1n) is 18.9. The second kappa shape index (κ2) is 22.8. The maximum absolute atomic E-state index is 11.6. The van der Waals surface area contributed by atoms with Crippen LogP contribution in [0.2, 0.25) is 15.1 Å². The summed E-state index contributed by atoms with van der Waals surface area (Å²) in [5.41, 5.74) is 14.4. The summed E-state index contributed by atoms with van der Waals surface area (Å²) in [6.07, 6.45) is 0.861. The van der Waals surface area contributed by atoms with Crippen molar-refractivity contribution in [3.8, 4) is 28.7 Å². The van der Waals surface area contributed by atoms with Crippen molar-refractivity contribution in [3.63, 3.8) is 0 Å². The number of benzene rings is 6. The van der Waals surface area contributed by atoms with Crippen molar-refractivity contribution in [2.24, 2.45) is 0 Å². The highest BCUT2D eigenvalue weighted by Crippen LogP contribution is 2.36. The van der Waals surface area contributed by atoms with Crippen molar-refractivity contribution < 1.29 is 42.9 Å². The Hall–Kier alpha value is -5.26. The predicted molar refractivity (Wildman–Crippen MR) is 264 cm³/mol. The maximum Gasteiger partial charge on any atom is 0.337 e. The van der Waals surface area contributed by atoms with Crippen LogP contribution in [-0.4, -0.2) is 52.6 Å². The summed E-state index contributed by atoms with van der Waals surface area (Å²) in [4.78, 5) is 41.9. The molecule has 336 valence electrons. The number of carbonyl (C=O) groups is 3. The summed E-state index contributed by atoms with van der Waals surface area (Å²) >= 11 is 28.2. The van der Waals surface area contributed by atoms with E-state index >= 15 is 0 Å². The number of anilines is 1. The molecular weight excluding hydrogens is 1100 g/mol. The second-order valence-corrected chi connectivity index (χ2v) is 17.5. The predicted octanol–water partition coefficient (Wildman–Crippen LogP) is 13.7. The average molecular weight is 1130 g/mol. The molecular formula is C47H37Br3Cl3N3O9. The molecule has 0 bridgehead atoms. The smallest absolute Gasteiger partial charge is 0.337 e. The Morgan fingerprint density at radius 1 is 0.677 bits per heavy atom. The van der Waals surface area contributed by atoms with Crippen LogP contribution >= 0.6 is 82.6 Å². The zero-order valence-corrected chi connectivity index (χ0v) is 42.0. The normalized spacial score (nSPS) is 10.5. The van der Waals surface area contributed by atoms with E-state index in [1.54, 1.807) is 24.3 Å². The number of ether oxygens (including phenoxy) is 2. The lowest BCUT2D eigenvalue weighted by Gasteiger charge is -2.04. The molecule has 8 rings (SSSR count). The van der Waals surface area contributed by atoms with Crippen molar-refractivity contribution in [2.75, 3.05) is 20.0 Å². The van der Waals surface area contributed by atoms with E-state index in [0.29, 0.717) is 55.2 Å². The maximum atomic E-state index is 11.6. The van der Waals surface area contributed by atoms with Gasteiger partial charge in [-0.25, -0.2) is 19.6 Å². The van der Waals surface area contributed by atoms with E-state index in [1.165, 1.54) is 32.4 Å². The van der Waals surface area contributed by atoms with Crippen LogP contribution in [0.3, 0.4) is 0 Å². The van der Waals surface area contributed by atoms with Crippen LogP contribution in [0.4, 0.5) is 5.69 Å². The molecule has 0 atom stereocenters. The number of fused-ring (bicyclic) bond motifs is 2. The average Bonchev–Trinajstić information content (AvgIpc) is 3.94. The minimum absolute atomic E-state index is 0.0281. The molecule has 0 amide bonds. The summed E-state index contributed by atoms with van der Waals surface area (Å²) in [6.45, 7) is 5.80. The van der Waals surface area contributed by atoms with Gasteiger partial charge < -0.3 is 34.3 Å². The van der Waals surface area contributed by atoms with E-state index in [4.69, 9.17) is 54.1 Å². The fourth-order valence-electron chi connectivity index (χ4n) is 5.88. The van der Waals surface area contributed by atoms with Gasteiger partial charge in [-0.2, -0.15) is 0 Å². The van der Waals surface area contributed by atoms with Crippen LogP contribution in [0.25, 0.3) is 45.1 Å². The Morgan fingerprint density at radius 3 is 1.58 bits per heavy atom. The van der Waals surface area contributed by atoms with Crippen LogP contribution in [0.5, 0.6) is 5.75 Å². The first-order chi connectivity index (χ1) is 30.9. The van der Waals surface area contributed by atoms with Crippen molar-refractivity contribution >= 4 is 129 Å². The number of hydrogen-bond donors (Lipinski definition) is 3. The number of aliphatic hydroxyl groups is 1. The number of esters is 2. The van der Waals surface area contributed by atoms with Gasteiger partial charge in [0.15, 0.2) is 16.9 Å². The van der Waals surface area contributed by atoms with Crippen LogP contribution in [0, 0.1) is 20.8 Å².